The van der Waals surface area contributed by atoms with Gasteiger partial charge in [0, 0.05) is 24.5 Å². The van der Waals surface area contributed by atoms with Crippen LogP contribution in [-0.2, 0) is 0 Å². The van der Waals surface area contributed by atoms with Crippen LogP contribution < -0.4 is 15.5 Å². The summed E-state index contributed by atoms with van der Waals surface area (Å²) in [5, 5.41) is 15.4. The lowest BCUT2D eigenvalue weighted by Crippen LogP contribution is -2.42. The Morgan fingerprint density at radius 1 is 1.38 bits per heavy atom. The molecule has 0 aliphatic heterocycles. The van der Waals surface area contributed by atoms with Gasteiger partial charge in [0.25, 0.3) is 0 Å². The molecular weight excluding hydrogens is 266 g/mol. The minimum absolute atomic E-state index is 0.133. The van der Waals surface area contributed by atoms with Crippen LogP contribution in [0.15, 0.2) is 24.3 Å². The monoisotopic (exact) mass is 291 g/mol. The van der Waals surface area contributed by atoms with Crippen molar-refractivity contribution in [2.75, 3.05) is 17.3 Å². The summed E-state index contributed by atoms with van der Waals surface area (Å²) in [7, 11) is 2.03. The molecule has 1 fully saturated rings. The molecule has 116 valence electrons. The Bertz CT molecular complexity index is 490. The highest BCUT2D eigenvalue weighted by molar-refractivity contribution is 5.90. The maximum atomic E-state index is 12.0. The van der Waals surface area contributed by atoms with E-state index in [9.17, 15) is 9.90 Å². The number of nitrogens with zero attached hydrogens (tertiary/aromatic N) is 1. The van der Waals surface area contributed by atoms with E-state index in [-0.39, 0.29) is 12.1 Å². The van der Waals surface area contributed by atoms with Gasteiger partial charge in [-0.05, 0) is 51.3 Å². The van der Waals surface area contributed by atoms with E-state index in [1.165, 1.54) is 0 Å². The molecule has 1 aliphatic carbocycles. The highest BCUT2D eigenvalue weighted by atomic mass is 16.3. The number of amides is 2. The van der Waals surface area contributed by atoms with Crippen LogP contribution in [0.5, 0.6) is 0 Å². The number of carbonyl (C=O) groups excluding carboxylic acids is 1. The molecule has 0 saturated heterocycles. The van der Waals surface area contributed by atoms with Crippen LogP contribution in [-0.4, -0.2) is 36.4 Å². The zero-order valence-electron chi connectivity index (χ0n) is 13.0. The van der Waals surface area contributed by atoms with Crippen molar-refractivity contribution in [2.24, 2.45) is 0 Å². The summed E-state index contributed by atoms with van der Waals surface area (Å²) in [5.41, 5.74) is 1.81. The van der Waals surface area contributed by atoms with Crippen molar-refractivity contribution in [3.63, 3.8) is 0 Å². The number of carbonyl (C=O) groups is 1. The predicted octanol–water partition coefficient (Wildman–Crippen LogP) is 2.57. The molecule has 1 aromatic rings. The number of aliphatic hydroxyl groups is 1. The second kappa shape index (κ2) is 6.80. The van der Waals surface area contributed by atoms with Gasteiger partial charge in [0.15, 0.2) is 0 Å². The molecule has 0 heterocycles. The smallest absolute Gasteiger partial charge is 0.319 e. The molecule has 0 bridgehead atoms. The number of nitrogens with one attached hydrogen (secondary N) is 2. The summed E-state index contributed by atoms with van der Waals surface area (Å²) in [5.74, 6) is 0. The average Bonchev–Trinajstić information content (AvgIpc) is 2.83. The Morgan fingerprint density at radius 2 is 2.14 bits per heavy atom. The minimum Gasteiger partial charge on any atom is -0.391 e. The first-order valence-electron chi connectivity index (χ1n) is 7.56. The number of hydrogen-bond acceptors (Lipinski definition) is 3. The van der Waals surface area contributed by atoms with Crippen molar-refractivity contribution >= 4 is 17.4 Å². The fraction of sp³-hybridized carbons (Fsp3) is 0.562. The molecule has 3 N–H and O–H groups in total. The van der Waals surface area contributed by atoms with Crippen LogP contribution in [0.3, 0.4) is 0 Å². The topological polar surface area (TPSA) is 64.6 Å². The first-order valence-corrected chi connectivity index (χ1v) is 7.56. The number of benzene rings is 1. The van der Waals surface area contributed by atoms with E-state index >= 15 is 0 Å². The van der Waals surface area contributed by atoms with Crippen LogP contribution in [0.2, 0.25) is 0 Å². The predicted molar refractivity (Wildman–Crippen MR) is 85.8 cm³/mol. The SMILES string of the molecule is CC(C)N(C)c1cccc(NC(=O)N[C@H]2CCC[C@@H]2O)c1. The van der Waals surface area contributed by atoms with Gasteiger partial charge in [-0.15, -0.1) is 0 Å². The molecule has 1 aromatic carbocycles. The molecule has 1 aliphatic rings. The Labute approximate surface area is 126 Å². The second-order valence-electron chi connectivity index (χ2n) is 5.96. The molecule has 5 heteroatoms. The Hall–Kier alpha value is -1.75. The van der Waals surface area contributed by atoms with E-state index in [4.69, 9.17) is 0 Å². The van der Waals surface area contributed by atoms with Crippen LogP contribution in [0.25, 0.3) is 0 Å². The third kappa shape index (κ3) is 4.11. The average molecular weight is 291 g/mol. The van der Waals surface area contributed by atoms with Crippen molar-refractivity contribution in [1.29, 1.82) is 0 Å². The number of urea groups is 1. The lowest BCUT2D eigenvalue weighted by molar-refractivity contribution is 0.151. The van der Waals surface area contributed by atoms with E-state index in [1.54, 1.807) is 0 Å². The highest BCUT2D eigenvalue weighted by Gasteiger charge is 2.26. The van der Waals surface area contributed by atoms with E-state index < -0.39 is 6.10 Å². The summed E-state index contributed by atoms with van der Waals surface area (Å²) in [6, 6.07) is 7.75. The fourth-order valence-corrected chi connectivity index (χ4v) is 2.55. The third-order valence-corrected chi connectivity index (χ3v) is 4.08. The van der Waals surface area contributed by atoms with E-state index in [1.807, 2.05) is 31.3 Å². The summed E-state index contributed by atoms with van der Waals surface area (Å²) in [6.45, 7) is 4.24. The van der Waals surface area contributed by atoms with Gasteiger partial charge in [-0.3, -0.25) is 0 Å². The van der Waals surface area contributed by atoms with Crippen molar-refractivity contribution in [3.8, 4) is 0 Å². The largest absolute Gasteiger partial charge is 0.391 e. The molecule has 2 rings (SSSR count). The Morgan fingerprint density at radius 3 is 2.76 bits per heavy atom. The molecule has 2 atom stereocenters. The summed E-state index contributed by atoms with van der Waals surface area (Å²) in [6.07, 6.45) is 2.14. The van der Waals surface area contributed by atoms with E-state index in [0.717, 1.165) is 30.6 Å². The first-order chi connectivity index (χ1) is 9.97. The van der Waals surface area contributed by atoms with Gasteiger partial charge in [-0.2, -0.15) is 0 Å². The number of hydrogen-bond donors (Lipinski definition) is 3. The maximum Gasteiger partial charge on any atom is 0.319 e. The highest BCUT2D eigenvalue weighted by Crippen LogP contribution is 2.21. The standard InChI is InChI=1S/C16H25N3O2/c1-11(2)19(3)13-7-4-6-12(10-13)17-16(21)18-14-8-5-9-15(14)20/h4,6-7,10-11,14-15,20H,5,8-9H2,1-3H3,(H2,17,18,21)/t14-,15-/m0/s1. The van der Waals surface area contributed by atoms with Gasteiger partial charge >= 0.3 is 6.03 Å². The number of aliphatic hydroxyl groups excluding tert-OH is 1. The van der Waals surface area contributed by atoms with Crippen molar-refractivity contribution in [3.05, 3.63) is 24.3 Å². The van der Waals surface area contributed by atoms with Crippen LogP contribution in [0, 0.1) is 0 Å². The maximum absolute atomic E-state index is 12.0. The first kappa shape index (κ1) is 15.6. The summed E-state index contributed by atoms with van der Waals surface area (Å²) >= 11 is 0. The molecule has 0 radical (unpaired) electrons. The summed E-state index contributed by atoms with van der Waals surface area (Å²) in [4.78, 5) is 14.1. The van der Waals surface area contributed by atoms with Crippen LogP contribution >= 0.6 is 0 Å². The quantitative estimate of drug-likeness (QED) is 0.799. The second-order valence-corrected chi connectivity index (χ2v) is 5.96. The van der Waals surface area contributed by atoms with Crippen molar-refractivity contribution in [2.45, 2.75) is 51.3 Å². The molecule has 21 heavy (non-hydrogen) atoms. The van der Waals surface area contributed by atoms with Gasteiger partial charge in [0.1, 0.15) is 0 Å². The van der Waals surface area contributed by atoms with Gasteiger partial charge in [0.05, 0.1) is 12.1 Å². The molecule has 0 unspecified atom stereocenters. The molecule has 2 amide bonds. The molecule has 5 nitrogen and oxygen atoms in total. The van der Waals surface area contributed by atoms with Crippen molar-refractivity contribution in [1.82, 2.24) is 5.32 Å². The van der Waals surface area contributed by atoms with Gasteiger partial charge in [0.2, 0.25) is 0 Å². The van der Waals surface area contributed by atoms with Crippen molar-refractivity contribution < 1.29 is 9.90 Å². The third-order valence-electron chi connectivity index (χ3n) is 4.08. The lowest BCUT2D eigenvalue weighted by Gasteiger charge is -2.24. The normalized spacial score (nSPS) is 21.4. The molecule has 0 spiro atoms. The number of anilines is 2. The van der Waals surface area contributed by atoms with E-state index in [0.29, 0.717) is 6.04 Å². The Balaban J connectivity index is 1.96. The molecular formula is C16H25N3O2. The Kier molecular flexibility index (Phi) is 5.07. The summed E-state index contributed by atoms with van der Waals surface area (Å²) < 4.78 is 0. The van der Waals surface area contributed by atoms with Gasteiger partial charge < -0.3 is 20.6 Å². The minimum atomic E-state index is -0.422. The van der Waals surface area contributed by atoms with Crippen LogP contribution in [0.4, 0.5) is 16.2 Å². The van der Waals surface area contributed by atoms with E-state index in [2.05, 4.69) is 29.4 Å². The molecule has 0 aromatic heterocycles. The zero-order chi connectivity index (χ0) is 15.4. The fourth-order valence-electron chi connectivity index (χ4n) is 2.55. The van der Waals surface area contributed by atoms with Gasteiger partial charge in [-0.1, -0.05) is 6.07 Å². The zero-order valence-corrected chi connectivity index (χ0v) is 13.0. The molecule has 1 saturated carbocycles. The number of rotatable bonds is 4. The van der Waals surface area contributed by atoms with Gasteiger partial charge in [-0.25, -0.2) is 4.79 Å². The van der Waals surface area contributed by atoms with Crippen LogP contribution in [0.1, 0.15) is 33.1 Å². The lowest BCUT2D eigenvalue weighted by atomic mass is 10.2.